The van der Waals surface area contributed by atoms with E-state index in [1.54, 1.807) is 6.08 Å². The number of hydrogen-bond donors (Lipinski definition) is 2. The molecular weight excluding hydrogens is 984 g/mol. The Morgan fingerprint density at radius 3 is 1.04 bits per heavy atom. The van der Waals surface area contributed by atoms with Crippen LogP contribution in [0.25, 0.3) is 0 Å². The average Bonchev–Trinajstić information content (AvgIpc) is 3.41. The van der Waals surface area contributed by atoms with Gasteiger partial charge in [0.15, 0.2) is 0 Å². The molecule has 0 heterocycles. The van der Waals surface area contributed by atoms with E-state index in [9.17, 15) is 19.4 Å². The van der Waals surface area contributed by atoms with E-state index < -0.39 is 26.6 Å². The lowest BCUT2D eigenvalue weighted by atomic mass is 10.0. The van der Waals surface area contributed by atoms with E-state index in [1.165, 1.54) is 283 Å². The molecule has 1 amide bonds. The molecule has 0 aromatic carbocycles. The maximum Gasteiger partial charge on any atom is 0.268 e. The fraction of sp³-hybridized carbons (Fsp3) is 0.899. The lowest BCUT2D eigenvalue weighted by Gasteiger charge is -2.29. The van der Waals surface area contributed by atoms with Crippen molar-refractivity contribution in [2.75, 3.05) is 40.9 Å². The van der Waals surface area contributed by atoms with Crippen molar-refractivity contribution in [1.82, 2.24) is 5.32 Å². The number of nitrogens with one attached hydrogen (secondary N) is 1. The number of nitrogens with zero attached hydrogens (tertiary/aromatic N) is 1. The first-order valence-electron chi connectivity index (χ1n) is 34.4. The zero-order valence-electron chi connectivity index (χ0n) is 52.9. The molecule has 0 aliphatic rings. The van der Waals surface area contributed by atoms with Gasteiger partial charge in [-0.1, -0.05) is 333 Å². The first-order valence-corrected chi connectivity index (χ1v) is 35.8. The third kappa shape index (κ3) is 62.3. The van der Waals surface area contributed by atoms with Crippen molar-refractivity contribution in [3.05, 3.63) is 36.5 Å². The number of quaternary nitrogens is 1. The minimum Gasteiger partial charge on any atom is -0.756 e. The lowest BCUT2D eigenvalue weighted by Crippen LogP contribution is -2.45. The Bertz CT molecular complexity index is 1360. The highest BCUT2D eigenvalue weighted by Gasteiger charge is 2.23. The molecule has 0 fully saturated rings. The molecule has 0 aromatic rings. The first-order chi connectivity index (χ1) is 38.0. The van der Waals surface area contributed by atoms with Crippen LogP contribution in [0.1, 0.15) is 348 Å². The molecule has 78 heavy (non-hydrogen) atoms. The van der Waals surface area contributed by atoms with Crippen molar-refractivity contribution < 1.29 is 32.9 Å². The summed E-state index contributed by atoms with van der Waals surface area (Å²) in [5.74, 6) is -0.205. The molecule has 3 atom stereocenters. The summed E-state index contributed by atoms with van der Waals surface area (Å²) >= 11 is 0. The van der Waals surface area contributed by atoms with Crippen LogP contribution in [0.2, 0.25) is 0 Å². The van der Waals surface area contributed by atoms with E-state index in [-0.39, 0.29) is 12.5 Å². The van der Waals surface area contributed by atoms with E-state index >= 15 is 0 Å². The van der Waals surface area contributed by atoms with Gasteiger partial charge in [0.1, 0.15) is 13.2 Å². The van der Waals surface area contributed by atoms with Crippen molar-refractivity contribution in [3.8, 4) is 0 Å². The molecule has 0 rings (SSSR count). The summed E-state index contributed by atoms with van der Waals surface area (Å²) in [6, 6.07) is -0.908. The molecule has 0 aromatic heterocycles. The number of aliphatic hydroxyl groups excluding tert-OH is 1. The van der Waals surface area contributed by atoms with Crippen molar-refractivity contribution in [3.63, 3.8) is 0 Å². The monoisotopic (exact) mass is 1120 g/mol. The van der Waals surface area contributed by atoms with Gasteiger partial charge in [-0.05, 0) is 44.9 Å². The van der Waals surface area contributed by atoms with Gasteiger partial charge in [0, 0.05) is 6.42 Å². The zero-order chi connectivity index (χ0) is 57.0. The van der Waals surface area contributed by atoms with Crippen LogP contribution in [-0.4, -0.2) is 68.5 Å². The van der Waals surface area contributed by atoms with Gasteiger partial charge in [0.05, 0.1) is 39.9 Å². The van der Waals surface area contributed by atoms with E-state index in [4.69, 9.17) is 9.05 Å². The number of carbonyl (C=O) groups excluding carboxylic acids is 1. The van der Waals surface area contributed by atoms with Crippen LogP contribution in [0.15, 0.2) is 36.5 Å². The Labute approximate surface area is 487 Å². The van der Waals surface area contributed by atoms with E-state index in [1.807, 2.05) is 27.2 Å². The number of allylic oxidation sites excluding steroid dienone is 5. The number of phosphoric acid groups is 1. The Hall–Kier alpha value is -1.28. The van der Waals surface area contributed by atoms with Gasteiger partial charge in [-0.25, -0.2) is 0 Å². The number of unbranched alkanes of at least 4 members (excludes halogenated alkanes) is 47. The number of hydrogen-bond acceptors (Lipinski definition) is 6. The molecule has 9 heteroatoms. The maximum absolute atomic E-state index is 13.0. The number of aliphatic hydroxyl groups is 1. The molecule has 0 aliphatic heterocycles. The van der Waals surface area contributed by atoms with Crippen LogP contribution in [0.5, 0.6) is 0 Å². The molecule has 2 N–H and O–H groups in total. The summed E-state index contributed by atoms with van der Waals surface area (Å²) in [6.45, 7) is 4.66. The van der Waals surface area contributed by atoms with Gasteiger partial charge in [0.2, 0.25) is 5.91 Å². The highest BCUT2D eigenvalue weighted by Crippen LogP contribution is 2.38. The van der Waals surface area contributed by atoms with E-state index in [0.29, 0.717) is 17.4 Å². The Balaban J connectivity index is 3.91. The molecular formula is C69H135N2O6P. The van der Waals surface area contributed by atoms with E-state index in [0.717, 1.165) is 44.9 Å². The Morgan fingerprint density at radius 2 is 0.718 bits per heavy atom. The molecule has 8 nitrogen and oxygen atoms in total. The van der Waals surface area contributed by atoms with Gasteiger partial charge in [-0.15, -0.1) is 0 Å². The molecule has 0 radical (unpaired) electrons. The van der Waals surface area contributed by atoms with Crippen LogP contribution in [-0.2, 0) is 18.4 Å². The second-order valence-corrected chi connectivity index (χ2v) is 26.3. The highest BCUT2D eigenvalue weighted by molar-refractivity contribution is 7.45. The molecule has 0 bridgehead atoms. The minimum absolute atomic E-state index is 0.00733. The normalized spacial score (nSPS) is 13.9. The van der Waals surface area contributed by atoms with Crippen LogP contribution in [0, 0.1) is 0 Å². The Morgan fingerprint density at radius 1 is 0.436 bits per heavy atom. The smallest absolute Gasteiger partial charge is 0.268 e. The number of likely N-dealkylation sites (N-methyl/N-ethyl adjacent to an activating group) is 1. The summed E-state index contributed by atoms with van der Waals surface area (Å²) in [4.78, 5) is 25.5. The molecule has 0 aliphatic carbocycles. The summed E-state index contributed by atoms with van der Waals surface area (Å²) < 4.78 is 23.4. The third-order valence-electron chi connectivity index (χ3n) is 15.8. The largest absolute Gasteiger partial charge is 0.756 e. The van der Waals surface area contributed by atoms with Crippen LogP contribution in [0.3, 0.4) is 0 Å². The summed E-state index contributed by atoms with van der Waals surface area (Å²) in [5.41, 5.74) is 0. The zero-order valence-corrected chi connectivity index (χ0v) is 53.8. The average molecular weight is 1120 g/mol. The van der Waals surface area contributed by atoms with E-state index in [2.05, 4.69) is 43.5 Å². The Kier molecular flexibility index (Phi) is 59.3. The maximum atomic E-state index is 13.0. The SMILES string of the molecule is CCCCCCCCC/C=C/CC/C=C/CC/C=C/C(O)C(COP(=O)([O-])OCC[N+](C)(C)C)NC(=O)CCCCCCCCCCCCCCCCCCCCCCCCCCCCCCCCCCCCCCCCC. The lowest BCUT2D eigenvalue weighted by molar-refractivity contribution is -0.870. The number of rotatable bonds is 64. The second-order valence-electron chi connectivity index (χ2n) is 24.9. The van der Waals surface area contributed by atoms with Crippen LogP contribution >= 0.6 is 7.82 Å². The van der Waals surface area contributed by atoms with Gasteiger partial charge in [-0.3, -0.25) is 9.36 Å². The molecule has 3 unspecified atom stereocenters. The quantitative estimate of drug-likeness (QED) is 0.0272. The fourth-order valence-electron chi connectivity index (χ4n) is 10.5. The molecule has 462 valence electrons. The van der Waals surface area contributed by atoms with Crippen molar-refractivity contribution in [2.24, 2.45) is 0 Å². The molecule has 0 spiro atoms. The summed E-state index contributed by atoms with van der Waals surface area (Å²) in [6.07, 6.45) is 80.1. The minimum atomic E-state index is -4.61. The third-order valence-corrected chi connectivity index (χ3v) is 16.8. The van der Waals surface area contributed by atoms with Gasteiger partial charge in [0.25, 0.3) is 7.82 Å². The topological polar surface area (TPSA) is 108 Å². The fourth-order valence-corrected chi connectivity index (χ4v) is 11.2. The predicted octanol–water partition coefficient (Wildman–Crippen LogP) is 21.0. The number of carbonyl (C=O) groups is 1. The first kappa shape index (κ1) is 76.7. The standard InChI is InChI=1S/C69H135N2O6P/c1-6-8-10-12-14-16-18-20-22-24-25-26-27-28-29-30-31-32-33-34-35-36-37-38-39-40-41-42-43-44-45-47-49-51-53-55-57-59-61-63-69(73)70-67(66-77-78(74,75)76-65-64-71(3,4)5)68(72)62-60-58-56-54-52-50-48-46-23-21-19-17-15-13-11-9-7-2/h23,46,52,54,60,62,67-68,72H,6-22,24-45,47-51,53,55-59,61,63-66H2,1-5H3,(H-,70,73,74,75)/b46-23+,54-52+,62-60+. The highest BCUT2D eigenvalue weighted by atomic mass is 31.2. The van der Waals surface area contributed by atoms with Crippen LogP contribution in [0.4, 0.5) is 0 Å². The second kappa shape index (κ2) is 60.3. The molecule has 0 saturated carbocycles. The summed E-state index contributed by atoms with van der Waals surface area (Å²) in [7, 11) is 1.25. The number of amides is 1. The van der Waals surface area contributed by atoms with Crippen molar-refractivity contribution in [2.45, 2.75) is 360 Å². The van der Waals surface area contributed by atoms with Crippen LogP contribution < -0.4 is 10.2 Å². The van der Waals surface area contributed by atoms with Gasteiger partial charge < -0.3 is 28.8 Å². The molecule has 0 saturated heterocycles. The van der Waals surface area contributed by atoms with Crippen molar-refractivity contribution in [1.29, 1.82) is 0 Å². The van der Waals surface area contributed by atoms with Gasteiger partial charge in [-0.2, -0.15) is 0 Å². The van der Waals surface area contributed by atoms with Gasteiger partial charge >= 0.3 is 0 Å². The number of phosphoric ester groups is 1. The predicted molar refractivity (Wildman–Crippen MR) is 339 cm³/mol. The van der Waals surface area contributed by atoms with Crippen molar-refractivity contribution >= 4 is 13.7 Å². The summed E-state index contributed by atoms with van der Waals surface area (Å²) in [5, 5.41) is 13.9.